The highest BCUT2D eigenvalue weighted by molar-refractivity contribution is 5.16. The molecule has 4 N–H and O–H groups in total. The molecule has 0 aliphatic carbocycles. The first kappa shape index (κ1) is 30.6. The number of aliphatic hydroxyl groups is 2. The summed E-state index contributed by atoms with van der Waals surface area (Å²) < 4.78 is 6.22. The van der Waals surface area contributed by atoms with Gasteiger partial charge in [-0.25, -0.2) is 0 Å². The number of nitrogens with one attached hydrogen (secondary N) is 2. The largest absolute Gasteiger partial charge is 0.514 e. The standard InChI is InChI=1S/C27H47N3O3/c1-10-21(5)15-12-13-18-29-22(6)16-14-17-26(20(3)4)33-24(8)23(7)30(11-2)27(32)25(19-31)28-9/h10,12,14-16,19-20,23,26-29,31-32H,6,8,11,13,17-18H2,1-5,7,9H3/b15-12+,16-14+,21-10+,25-19-. The molecule has 0 rings (SSSR count). The average molecular weight is 462 g/mol. The molecule has 0 bridgehead atoms. The minimum atomic E-state index is -0.983. The first-order chi connectivity index (χ1) is 15.6. The van der Waals surface area contributed by atoms with Crippen molar-refractivity contribution in [2.24, 2.45) is 5.92 Å². The first-order valence-electron chi connectivity index (χ1n) is 11.8. The van der Waals surface area contributed by atoms with Crippen LogP contribution in [0.3, 0.4) is 0 Å². The summed E-state index contributed by atoms with van der Waals surface area (Å²) in [6.45, 7) is 21.8. The molecule has 0 radical (unpaired) electrons. The van der Waals surface area contributed by atoms with Crippen molar-refractivity contribution < 1.29 is 14.9 Å². The van der Waals surface area contributed by atoms with E-state index in [0.717, 1.165) is 31.3 Å². The van der Waals surface area contributed by atoms with Crippen molar-refractivity contribution in [2.75, 3.05) is 20.1 Å². The number of hydrogen-bond acceptors (Lipinski definition) is 6. The van der Waals surface area contributed by atoms with E-state index in [1.807, 2.05) is 26.8 Å². The second-order valence-corrected chi connectivity index (χ2v) is 8.39. The molecule has 0 amide bonds. The second kappa shape index (κ2) is 17.1. The van der Waals surface area contributed by atoms with Gasteiger partial charge in [0.2, 0.25) is 0 Å². The van der Waals surface area contributed by atoms with Gasteiger partial charge in [0, 0.05) is 25.7 Å². The highest BCUT2D eigenvalue weighted by Crippen LogP contribution is 2.21. The van der Waals surface area contributed by atoms with E-state index < -0.39 is 6.23 Å². The van der Waals surface area contributed by atoms with E-state index in [1.54, 1.807) is 11.9 Å². The van der Waals surface area contributed by atoms with E-state index >= 15 is 0 Å². The van der Waals surface area contributed by atoms with Crippen LogP contribution >= 0.6 is 0 Å². The van der Waals surface area contributed by atoms with Gasteiger partial charge in [-0.15, -0.1) is 0 Å². The predicted octanol–water partition coefficient (Wildman–Crippen LogP) is 5.15. The van der Waals surface area contributed by atoms with Crippen molar-refractivity contribution in [3.63, 3.8) is 0 Å². The van der Waals surface area contributed by atoms with E-state index in [2.05, 4.69) is 68.9 Å². The van der Waals surface area contributed by atoms with E-state index in [0.29, 0.717) is 18.0 Å². The molecule has 0 saturated heterocycles. The van der Waals surface area contributed by atoms with Crippen LogP contribution in [0.25, 0.3) is 0 Å². The Balaban J connectivity index is 4.82. The molecule has 0 saturated carbocycles. The van der Waals surface area contributed by atoms with Gasteiger partial charge in [-0.3, -0.25) is 4.90 Å². The second-order valence-electron chi connectivity index (χ2n) is 8.39. The van der Waals surface area contributed by atoms with Crippen LogP contribution in [0.1, 0.15) is 54.4 Å². The van der Waals surface area contributed by atoms with E-state index in [1.165, 1.54) is 5.57 Å². The first-order valence-corrected chi connectivity index (χ1v) is 11.8. The summed E-state index contributed by atoms with van der Waals surface area (Å²) in [6.07, 6.45) is 11.9. The van der Waals surface area contributed by atoms with Crippen LogP contribution in [-0.2, 0) is 4.74 Å². The maximum atomic E-state index is 10.6. The number of ether oxygens (including phenoxy) is 1. The molecular weight excluding hydrogens is 414 g/mol. The third-order valence-electron chi connectivity index (χ3n) is 5.58. The van der Waals surface area contributed by atoms with Crippen LogP contribution in [-0.4, -0.2) is 53.6 Å². The summed E-state index contributed by atoms with van der Waals surface area (Å²) >= 11 is 0. The lowest BCUT2D eigenvalue weighted by molar-refractivity contribution is -0.0170. The smallest absolute Gasteiger partial charge is 0.151 e. The van der Waals surface area contributed by atoms with Gasteiger partial charge in [-0.05, 0) is 45.7 Å². The van der Waals surface area contributed by atoms with Crippen LogP contribution in [0.15, 0.2) is 72.5 Å². The number of hydrogen-bond donors (Lipinski definition) is 4. The van der Waals surface area contributed by atoms with Crippen molar-refractivity contribution in [2.45, 2.75) is 72.8 Å². The molecule has 6 heteroatoms. The fourth-order valence-corrected chi connectivity index (χ4v) is 3.12. The normalized spacial score (nSPS) is 15.8. The fourth-order valence-electron chi connectivity index (χ4n) is 3.12. The van der Waals surface area contributed by atoms with Crippen LogP contribution in [0, 0.1) is 5.92 Å². The summed E-state index contributed by atoms with van der Waals surface area (Å²) in [7, 11) is 1.65. The molecule has 3 unspecified atom stereocenters. The van der Waals surface area contributed by atoms with E-state index in [4.69, 9.17) is 4.74 Å². The third-order valence-corrected chi connectivity index (χ3v) is 5.58. The zero-order chi connectivity index (χ0) is 25.4. The Morgan fingerprint density at radius 2 is 1.82 bits per heavy atom. The number of nitrogens with zero attached hydrogens (tertiary/aromatic N) is 1. The van der Waals surface area contributed by atoms with Crippen LogP contribution in [0.2, 0.25) is 0 Å². The third kappa shape index (κ3) is 11.8. The summed E-state index contributed by atoms with van der Waals surface area (Å²) in [5.74, 6) is 0.863. The fraction of sp³-hybridized carbons (Fsp3) is 0.556. The summed E-state index contributed by atoms with van der Waals surface area (Å²) in [5, 5.41) is 26.0. The molecule has 0 heterocycles. The lowest BCUT2D eigenvalue weighted by Gasteiger charge is -2.35. The van der Waals surface area contributed by atoms with Gasteiger partial charge in [0.15, 0.2) is 6.23 Å². The average Bonchev–Trinajstić information content (AvgIpc) is 2.78. The Hall–Kier alpha value is -2.44. The number of likely N-dealkylation sites (N-methyl/N-ethyl adjacent to an activating group) is 2. The quantitative estimate of drug-likeness (QED) is 0.104. The molecule has 188 valence electrons. The zero-order valence-corrected chi connectivity index (χ0v) is 21.8. The highest BCUT2D eigenvalue weighted by atomic mass is 16.5. The van der Waals surface area contributed by atoms with Crippen LogP contribution in [0.5, 0.6) is 0 Å². The van der Waals surface area contributed by atoms with E-state index in [9.17, 15) is 10.2 Å². The lowest BCUT2D eigenvalue weighted by atomic mass is 10.0. The summed E-state index contributed by atoms with van der Waals surface area (Å²) in [4.78, 5) is 1.80. The van der Waals surface area contributed by atoms with Gasteiger partial charge in [-0.2, -0.15) is 0 Å². The maximum absolute atomic E-state index is 10.6. The van der Waals surface area contributed by atoms with Crippen molar-refractivity contribution >= 4 is 0 Å². The zero-order valence-electron chi connectivity index (χ0n) is 21.8. The molecule has 0 aromatic rings. The molecule has 0 aromatic carbocycles. The Kier molecular flexibility index (Phi) is 15.8. The monoisotopic (exact) mass is 461 g/mol. The molecule has 6 nitrogen and oxygen atoms in total. The van der Waals surface area contributed by atoms with Crippen molar-refractivity contribution in [3.8, 4) is 0 Å². The SMILES string of the molecule is C=C(/C=C/CC(OC(=C)C(C)N(CC)C(O)/C(=C/O)NC)C(C)C)NCC/C=C/C(C)=C/C. The van der Waals surface area contributed by atoms with Gasteiger partial charge >= 0.3 is 0 Å². The summed E-state index contributed by atoms with van der Waals surface area (Å²) in [6, 6.07) is -0.241. The molecule has 3 atom stereocenters. The van der Waals surface area contributed by atoms with Crippen molar-refractivity contribution in [1.29, 1.82) is 0 Å². The van der Waals surface area contributed by atoms with Crippen molar-refractivity contribution in [1.82, 2.24) is 15.5 Å². The molecule has 0 aliphatic rings. The predicted molar refractivity (Wildman–Crippen MR) is 141 cm³/mol. The van der Waals surface area contributed by atoms with Gasteiger partial charge in [-0.1, -0.05) is 63.8 Å². The molecule has 0 spiro atoms. The Bertz CT molecular complexity index is 707. The van der Waals surface area contributed by atoms with Gasteiger partial charge in [0.05, 0.1) is 11.7 Å². The molecule has 0 aromatic heterocycles. The minimum Gasteiger partial charge on any atom is -0.514 e. The number of rotatable bonds is 17. The maximum Gasteiger partial charge on any atom is 0.151 e. The molecule has 0 fully saturated rings. The van der Waals surface area contributed by atoms with Gasteiger partial charge in [0.1, 0.15) is 18.1 Å². The van der Waals surface area contributed by atoms with Gasteiger partial charge < -0.3 is 25.6 Å². The van der Waals surface area contributed by atoms with Crippen LogP contribution in [0.4, 0.5) is 0 Å². The number of aliphatic hydroxyl groups excluding tert-OH is 2. The topological polar surface area (TPSA) is 77.0 Å². The molecule has 0 aliphatic heterocycles. The highest BCUT2D eigenvalue weighted by Gasteiger charge is 2.27. The lowest BCUT2D eigenvalue weighted by Crippen LogP contribution is -2.46. The minimum absolute atomic E-state index is 0.0521. The number of allylic oxidation sites excluding steroid dienone is 4. The van der Waals surface area contributed by atoms with Crippen LogP contribution < -0.4 is 10.6 Å². The molecular formula is C27H47N3O3. The molecule has 33 heavy (non-hydrogen) atoms. The Morgan fingerprint density at radius 3 is 2.33 bits per heavy atom. The van der Waals surface area contributed by atoms with Gasteiger partial charge in [0.25, 0.3) is 0 Å². The van der Waals surface area contributed by atoms with Crippen molar-refractivity contribution in [3.05, 3.63) is 72.5 Å². The van der Waals surface area contributed by atoms with E-state index in [-0.39, 0.29) is 18.1 Å². The summed E-state index contributed by atoms with van der Waals surface area (Å²) in [5.41, 5.74) is 2.45. The Labute approximate surface area is 202 Å². The Morgan fingerprint density at radius 1 is 1.15 bits per heavy atom.